The average molecular weight is 262 g/mol. The van der Waals surface area contributed by atoms with E-state index < -0.39 is 0 Å². The van der Waals surface area contributed by atoms with Crippen LogP contribution in [0.5, 0.6) is 0 Å². The van der Waals surface area contributed by atoms with Crippen LogP contribution in [0.4, 0.5) is 11.6 Å². The van der Waals surface area contributed by atoms with Gasteiger partial charge >= 0.3 is 0 Å². The predicted octanol–water partition coefficient (Wildman–Crippen LogP) is 0.973. The van der Waals surface area contributed by atoms with Crippen molar-refractivity contribution in [1.82, 2.24) is 14.9 Å². The number of hydrogen-bond acceptors (Lipinski definition) is 6. The molecule has 0 radical (unpaired) electrons. The highest BCUT2D eigenvalue weighted by Gasteiger charge is 2.37. The summed E-state index contributed by atoms with van der Waals surface area (Å²) in [6.45, 7) is 4.56. The number of rotatable bonds is 4. The van der Waals surface area contributed by atoms with Crippen molar-refractivity contribution >= 4 is 11.6 Å². The number of hydrogen-bond donors (Lipinski definition) is 3. The summed E-state index contributed by atoms with van der Waals surface area (Å²) < 4.78 is 0. The molecule has 3 rings (SSSR count). The van der Waals surface area contributed by atoms with Crippen molar-refractivity contribution in [3.8, 4) is 0 Å². The lowest BCUT2D eigenvalue weighted by Crippen LogP contribution is -2.34. The Balaban J connectivity index is 1.79. The van der Waals surface area contributed by atoms with E-state index in [4.69, 9.17) is 5.84 Å². The lowest BCUT2D eigenvalue weighted by atomic mass is 10.1. The Kier molecular flexibility index (Phi) is 3.52. The van der Waals surface area contributed by atoms with E-state index in [1.165, 1.54) is 32.4 Å². The molecule has 1 aromatic heterocycles. The van der Waals surface area contributed by atoms with Crippen molar-refractivity contribution in [2.45, 2.75) is 44.7 Å². The quantitative estimate of drug-likeness (QED) is 0.554. The monoisotopic (exact) mass is 262 g/mol. The zero-order valence-electron chi connectivity index (χ0n) is 11.4. The van der Waals surface area contributed by atoms with Crippen LogP contribution in [0.2, 0.25) is 0 Å². The number of anilines is 2. The topological polar surface area (TPSA) is 79.1 Å². The normalized spacial score (nSPS) is 26.4. The zero-order chi connectivity index (χ0) is 13.2. The van der Waals surface area contributed by atoms with Crippen molar-refractivity contribution in [2.24, 2.45) is 5.84 Å². The molecule has 1 aromatic rings. The standard InChI is InChI=1S/C13H22N6/c1-2-9-12(15-8-16-13(9)18-14)17-10-5-7-19-6-3-4-11(10)19/h8,10-11H,2-7,14H2,1H3,(H2,15,16,17,18). The van der Waals surface area contributed by atoms with Crippen LogP contribution in [-0.4, -0.2) is 40.0 Å². The molecule has 0 bridgehead atoms. The van der Waals surface area contributed by atoms with Gasteiger partial charge in [0.05, 0.1) is 0 Å². The molecular weight excluding hydrogens is 240 g/mol. The summed E-state index contributed by atoms with van der Waals surface area (Å²) in [6.07, 6.45) is 6.25. The first-order chi connectivity index (χ1) is 9.33. The maximum absolute atomic E-state index is 5.51. The van der Waals surface area contributed by atoms with E-state index in [-0.39, 0.29) is 0 Å². The van der Waals surface area contributed by atoms with Crippen molar-refractivity contribution in [3.05, 3.63) is 11.9 Å². The molecule has 6 nitrogen and oxygen atoms in total. The van der Waals surface area contributed by atoms with E-state index in [9.17, 15) is 0 Å². The van der Waals surface area contributed by atoms with E-state index >= 15 is 0 Å². The smallest absolute Gasteiger partial charge is 0.148 e. The second-order valence-corrected chi connectivity index (χ2v) is 5.33. The molecule has 4 N–H and O–H groups in total. The second-order valence-electron chi connectivity index (χ2n) is 5.33. The Morgan fingerprint density at radius 1 is 1.32 bits per heavy atom. The highest BCUT2D eigenvalue weighted by molar-refractivity contribution is 5.57. The van der Waals surface area contributed by atoms with Crippen LogP contribution in [0.1, 0.15) is 31.7 Å². The number of fused-ring (bicyclic) bond motifs is 1. The molecule has 0 saturated carbocycles. The molecule has 2 aliphatic heterocycles. The van der Waals surface area contributed by atoms with Crippen LogP contribution < -0.4 is 16.6 Å². The number of nitrogens with two attached hydrogens (primary N) is 1. The highest BCUT2D eigenvalue weighted by atomic mass is 15.3. The molecule has 19 heavy (non-hydrogen) atoms. The summed E-state index contributed by atoms with van der Waals surface area (Å²) >= 11 is 0. The van der Waals surface area contributed by atoms with E-state index in [1.54, 1.807) is 6.33 Å². The van der Waals surface area contributed by atoms with Gasteiger partial charge in [-0.05, 0) is 32.2 Å². The van der Waals surface area contributed by atoms with Gasteiger partial charge in [0.2, 0.25) is 0 Å². The van der Waals surface area contributed by atoms with Crippen molar-refractivity contribution in [2.75, 3.05) is 23.8 Å². The van der Waals surface area contributed by atoms with Crippen LogP contribution in [-0.2, 0) is 6.42 Å². The fourth-order valence-electron chi connectivity index (χ4n) is 3.42. The van der Waals surface area contributed by atoms with Gasteiger partial charge in [0.15, 0.2) is 0 Å². The van der Waals surface area contributed by atoms with E-state index in [0.717, 1.165) is 23.6 Å². The molecule has 0 aromatic carbocycles. The summed E-state index contributed by atoms with van der Waals surface area (Å²) in [7, 11) is 0. The number of nitrogen functional groups attached to an aromatic ring is 1. The number of aromatic nitrogens is 2. The molecule has 0 aliphatic carbocycles. The average Bonchev–Trinajstić information content (AvgIpc) is 3.03. The Morgan fingerprint density at radius 3 is 2.95 bits per heavy atom. The molecule has 2 aliphatic rings. The lowest BCUT2D eigenvalue weighted by molar-refractivity contribution is 0.318. The Bertz CT molecular complexity index is 449. The second kappa shape index (κ2) is 5.30. The minimum Gasteiger partial charge on any atom is -0.365 e. The lowest BCUT2D eigenvalue weighted by Gasteiger charge is -2.23. The summed E-state index contributed by atoms with van der Waals surface area (Å²) in [6, 6.07) is 1.18. The summed E-state index contributed by atoms with van der Waals surface area (Å²) in [5.41, 5.74) is 3.73. The van der Waals surface area contributed by atoms with E-state index in [2.05, 4.69) is 32.5 Å². The van der Waals surface area contributed by atoms with Crippen molar-refractivity contribution in [1.29, 1.82) is 0 Å². The SMILES string of the molecule is CCc1c(NN)ncnc1NC1CCN2CCCC12. The summed E-state index contributed by atoms with van der Waals surface area (Å²) in [5, 5.41) is 3.62. The largest absolute Gasteiger partial charge is 0.365 e. The van der Waals surface area contributed by atoms with Gasteiger partial charge in [0.25, 0.3) is 0 Å². The molecule has 6 heteroatoms. The van der Waals surface area contributed by atoms with Gasteiger partial charge in [-0.25, -0.2) is 15.8 Å². The third kappa shape index (κ3) is 2.26. The molecule has 3 heterocycles. The van der Waals surface area contributed by atoms with Gasteiger partial charge < -0.3 is 10.7 Å². The van der Waals surface area contributed by atoms with Gasteiger partial charge in [0, 0.05) is 24.2 Å². The molecule has 2 saturated heterocycles. The van der Waals surface area contributed by atoms with Gasteiger partial charge in [0.1, 0.15) is 18.0 Å². The van der Waals surface area contributed by atoms with Crippen molar-refractivity contribution < 1.29 is 0 Å². The Morgan fingerprint density at radius 2 is 2.16 bits per heavy atom. The first kappa shape index (κ1) is 12.6. The third-order valence-corrected chi connectivity index (χ3v) is 4.36. The predicted molar refractivity (Wildman–Crippen MR) is 75.8 cm³/mol. The Labute approximate surface area is 113 Å². The zero-order valence-corrected chi connectivity index (χ0v) is 11.4. The van der Waals surface area contributed by atoms with Gasteiger partial charge in [-0.2, -0.15) is 0 Å². The van der Waals surface area contributed by atoms with Crippen LogP contribution >= 0.6 is 0 Å². The maximum atomic E-state index is 5.51. The molecule has 2 unspecified atom stereocenters. The number of nitrogens with one attached hydrogen (secondary N) is 2. The minimum absolute atomic E-state index is 0.508. The molecule has 2 atom stereocenters. The first-order valence-corrected chi connectivity index (χ1v) is 7.14. The molecular formula is C13H22N6. The Hall–Kier alpha value is -1.40. The minimum atomic E-state index is 0.508. The van der Waals surface area contributed by atoms with E-state index in [0.29, 0.717) is 12.1 Å². The molecule has 0 spiro atoms. The molecule has 0 amide bonds. The molecule has 104 valence electrons. The fourth-order valence-corrected chi connectivity index (χ4v) is 3.42. The number of nitrogens with zero attached hydrogens (tertiary/aromatic N) is 3. The third-order valence-electron chi connectivity index (χ3n) is 4.36. The van der Waals surface area contributed by atoms with Gasteiger partial charge in [-0.3, -0.25) is 4.90 Å². The maximum Gasteiger partial charge on any atom is 0.148 e. The fraction of sp³-hybridized carbons (Fsp3) is 0.692. The van der Waals surface area contributed by atoms with Crippen LogP contribution in [0.25, 0.3) is 0 Å². The number of hydrazine groups is 1. The van der Waals surface area contributed by atoms with Crippen LogP contribution in [0.15, 0.2) is 6.33 Å². The summed E-state index contributed by atoms with van der Waals surface area (Å²) in [5.74, 6) is 7.17. The van der Waals surface area contributed by atoms with Gasteiger partial charge in [-0.15, -0.1) is 0 Å². The van der Waals surface area contributed by atoms with Crippen molar-refractivity contribution in [3.63, 3.8) is 0 Å². The first-order valence-electron chi connectivity index (χ1n) is 7.14. The summed E-state index contributed by atoms with van der Waals surface area (Å²) in [4.78, 5) is 11.2. The van der Waals surface area contributed by atoms with Gasteiger partial charge in [-0.1, -0.05) is 6.92 Å². The van der Waals surface area contributed by atoms with E-state index in [1.807, 2.05) is 0 Å². The molecule has 2 fully saturated rings. The van der Waals surface area contributed by atoms with Crippen LogP contribution in [0.3, 0.4) is 0 Å². The van der Waals surface area contributed by atoms with Crippen LogP contribution in [0, 0.1) is 0 Å². The highest BCUT2D eigenvalue weighted by Crippen LogP contribution is 2.31.